The fourth-order valence-corrected chi connectivity index (χ4v) is 8.98. The summed E-state index contributed by atoms with van der Waals surface area (Å²) in [6.45, 7) is 15.2. The normalized spacial score (nSPS) is 28.4. The van der Waals surface area contributed by atoms with Crippen molar-refractivity contribution in [3.8, 4) is 11.5 Å². The molecule has 1 aromatic heterocycles. The largest absolute Gasteiger partial charge is 0.507 e. The molecule has 1 saturated heterocycles. The second-order valence-electron chi connectivity index (χ2n) is 17.3. The van der Waals surface area contributed by atoms with Crippen molar-refractivity contribution in [1.82, 2.24) is 10.3 Å². The average molecular weight is 885 g/mol. The minimum Gasteiger partial charge on any atom is -0.507 e. The molecule has 17 heteroatoms. The first-order chi connectivity index (χ1) is 30.3. The quantitative estimate of drug-likeness (QED) is 0.0970. The van der Waals surface area contributed by atoms with E-state index in [9.17, 15) is 39.6 Å². The van der Waals surface area contributed by atoms with Gasteiger partial charge in [-0.25, -0.2) is 4.98 Å². The van der Waals surface area contributed by atoms with Crippen LogP contribution in [0.2, 0.25) is 0 Å². The summed E-state index contributed by atoms with van der Waals surface area (Å²) in [7, 11) is 1.44. The summed E-state index contributed by atoms with van der Waals surface area (Å²) in [5, 5.41) is 52.3. The summed E-state index contributed by atoms with van der Waals surface area (Å²) in [6.07, 6.45) is 3.55. The number of rotatable bonds is 3. The number of allylic oxidation sites excluding steroid dienone is 2. The molecule has 9 unspecified atom stereocenters. The van der Waals surface area contributed by atoms with Gasteiger partial charge in [0.2, 0.25) is 10.9 Å². The number of fused-ring (bicyclic) bond motifs is 2. The van der Waals surface area contributed by atoms with Gasteiger partial charge in [-0.3, -0.25) is 19.2 Å². The Morgan fingerprint density at radius 1 is 0.953 bits per heavy atom. The number of carbonyl (C=O) groups is 2. The van der Waals surface area contributed by atoms with Crippen LogP contribution in [0, 0.1) is 30.6 Å². The molecule has 17 nitrogen and oxygen atoms in total. The number of aromatic nitrogens is 1. The Balaban J connectivity index is 1.49. The van der Waals surface area contributed by atoms with E-state index in [0.717, 1.165) is 0 Å². The number of aromatic hydroxyl groups is 1. The van der Waals surface area contributed by atoms with Crippen LogP contribution in [-0.4, -0.2) is 101 Å². The molecule has 4 bridgehead atoms. The Morgan fingerprint density at radius 3 is 2.33 bits per heavy atom. The highest BCUT2D eigenvalue weighted by atomic mass is 16.7. The number of phenols is 1. The molecule has 0 aliphatic carbocycles. The van der Waals surface area contributed by atoms with Gasteiger partial charge in [-0.1, -0.05) is 45.9 Å². The number of benzene rings is 3. The zero-order chi connectivity index (χ0) is 46.5. The van der Waals surface area contributed by atoms with Crippen molar-refractivity contribution in [3.63, 3.8) is 0 Å². The number of nitrogens with one attached hydrogen (secondary N) is 2. The molecule has 3 aliphatic heterocycles. The number of hydrogen-bond donors (Lipinski definition) is 6. The van der Waals surface area contributed by atoms with Gasteiger partial charge in [-0.05, 0) is 19.9 Å². The summed E-state index contributed by atoms with van der Waals surface area (Å²) in [4.78, 5) is 61.7. The van der Waals surface area contributed by atoms with Crippen LogP contribution >= 0.6 is 0 Å². The van der Waals surface area contributed by atoms with Crippen LogP contribution in [0.1, 0.15) is 54.0 Å². The number of aliphatic hydroxyl groups is 3. The first-order valence-electron chi connectivity index (χ1n) is 21.4. The van der Waals surface area contributed by atoms with Crippen LogP contribution in [0.25, 0.3) is 38.7 Å². The maximum atomic E-state index is 14.8. The van der Waals surface area contributed by atoms with Crippen LogP contribution < -0.4 is 36.3 Å². The molecular weight excluding hydrogens is 829 g/mol. The molecule has 7 rings (SSSR count). The summed E-state index contributed by atoms with van der Waals surface area (Å²) in [5.74, 6) is -6.93. The van der Waals surface area contributed by atoms with Crippen molar-refractivity contribution in [2.45, 2.75) is 85.6 Å². The van der Waals surface area contributed by atoms with E-state index in [4.69, 9.17) is 28.3 Å². The van der Waals surface area contributed by atoms with E-state index in [1.807, 2.05) is 4.90 Å². The first kappa shape index (κ1) is 46.0. The molecule has 4 heterocycles. The molecule has 0 spiro atoms. The number of anilines is 2. The third-order valence-electron chi connectivity index (χ3n) is 12.9. The van der Waals surface area contributed by atoms with Gasteiger partial charge >= 0.3 is 11.8 Å². The topological polar surface area (TPSA) is 239 Å². The van der Waals surface area contributed by atoms with E-state index in [0.29, 0.717) is 31.9 Å². The summed E-state index contributed by atoms with van der Waals surface area (Å²) in [6, 6.07) is 3.09. The minimum atomic E-state index is -1.98. The minimum absolute atomic E-state index is 0.0287. The van der Waals surface area contributed by atoms with E-state index in [1.165, 1.54) is 59.3 Å². The van der Waals surface area contributed by atoms with Gasteiger partial charge in [0.25, 0.3) is 5.91 Å². The molecule has 3 aliphatic rings. The van der Waals surface area contributed by atoms with Crippen molar-refractivity contribution in [1.29, 1.82) is 0 Å². The Labute approximate surface area is 368 Å². The lowest BCUT2D eigenvalue weighted by Gasteiger charge is -2.38. The number of hydrogen-bond acceptors (Lipinski definition) is 16. The highest BCUT2D eigenvalue weighted by molar-refractivity contribution is 6.16. The van der Waals surface area contributed by atoms with Crippen LogP contribution in [0.5, 0.6) is 11.5 Å². The zero-order valence-corrected chi connectivity index (χ0v) is 37.3. The van der Waals surface area contributed by atoms with Crippen molar-refractivity contribution < 1.29 is 53.4 Å². The van der Waals surface area contributed by atoms with Crippen molar-refractivity contribution in [2.24, 2.45) is 23.7 Å². The van der Waals surface area contributed by atoms with E-state index >= 15 is 0 Å². The number of aliphatic hydroxyl groups excluding tert-OH is 3. The second-order valence-corrected chi connectivity index (χ2v) is 17.3. The van der Waals surface area contributed by atoms with Crippen molar-refractivity contribution in [3.05, 3.63) is 79.5 Å². The molecule has 9 atom stereocenters. The Bertz CT molecular complexity index is 2790. The lowest BCUT2D eigenvalue weighted by molar-refractivity contribution is -0.160. The fourth-order valence-electron chi connectivity index (χ4n) is 8.98. The molecule has 0 radical (unpaired) electrons. The second kappa shape index (κ2) is 17.9. The first-order valence-corrected chi connectivity index (χ1v) is 21.4. The van der Waals surface area contributed by atoms with E-state index in [2.05, 4.69) is 10.6 Å². The van der Waals surface area contributed by atoms with Crippen molar-refractivity contribution >= 4 is 62.0 Å². The lowest BCUT2D eigenvalue weighted by Crippen LogP contribution is -2.46. The smallest absolute Gasteiger partial charge is 0.307 e. The number of methoxy groups -OCH3 is 1. The number of nitrogens with zero attached hydrogens (tertiary/aromatic N) is 2. The SMILES string of the molecule is COC1C=COC2(C)Oc3c(C)c(O)c4c(=O)c(c5oc6cc(N7CCNCC7)cc(=O)c6nc5c4c3=C2O)NC(=O)C(C)=CC=CC(C)C(O)C(C)C(O)C(C)C(OC(C)=O)C1C. The Hall–Kier alpha value is -6.01. The molecule has 342 valence electrons. The molecular formula is C47H56N4O13. The van der Waals surface area contributed by atoms with Crippen LogP contribution in [-0.2, 0) is 23.8 Å². The number of carbonyl (C=O) groups excluding carboxylic acids is 2. The predicted octanol–water partition coefficient (Wildman–Crippen LogP) is 3.97. The van der Waals surface area contributed by atoms with Crippen LogP contribution in [0.3, 0.4) is 0 Å². The monoisotopic (exact) mass is 884 g/mol. The third kappa shape index (κ3) is 8.17. The summed E-state index contributed by atoms with van der Waals surface area (Å²) >= 11 is 0. The fraction of sp³-hybridized carbons (Fsp3) is 0.468. The lowest BCUT2D eigenvalue weighted by atomic mass is 9.78. The zero-order valence-electron chi connectivity index (χ0n) is 37.3. The maximum absolute atomic E-state index is 14.8. The molecule has 64 heavy (non-hydrogen) atoms. The average Bonchev–Trinajstić information content (AvgIpc) is 3.54. The molecule has 4 aromatic rings. The highest BCUT2D eigenvalue weighted by Crippen LogP contribution is 2.42. The summed E-state index contributed by atoms with van der Waals surface area (Å²) < 4.78 is 30.4. The molecule has 1 fully saturated rings. The van der Waals surface area contributed by atoms with Gasteiger partial charge in [0.05, 0.1) is 35.2 Å². The van der Waals surface area contributed by atoms with Gasteiger partial charge in [-0.15, -0.1) is 0 Å². The predicted molar refractivity (Wildman–Crippen MR) is 240 cm³/mol. The number of amides is 1. The Kier molecular flexibility index (Phi) is 12.8. The summed E-state index contributed by atoms with van der Waals surface area (Å²) in [5.41, 5.74) is -1.42. The molecule has 1 amide bonds. The number of esters is 1. The molecule has 6 N–H and O–H groups in total. The standard InChI is InChI=1S/C47H56N4O13/c1-21-11-10-12-22(2)46(59)50-37-41(57)33-32(36-44(37)63-31-20-28(19-29(53)35(31)49-36)51-16-14-48-15-17-51)34-43(26(6)40(33)56)64-47(8,45(34)58)61-18-13-30(60-9)23(3)42(62-27(7)52)25(5)39(55)24(4)38(21)54/h10-13,18-21,23-25,30,38-39,42,48,54-56,58H,14-17H2,1-9H3,(H,50,59). The molecule has 0 saturated carbocycles. The van der Waals surface area contributed by atoms with Crippen molar-refractivity contribution in [2.75, 3.05) is 43.5 Å². The van der Waals surface area contributed by atoms with Gasteiger partial charge < -0.3 is 59.3 Å². The van der Waals surface area contributed by atoms with Gasteiger partial charge in [0.15, 0.2) is 22.4 Å². The van der Waals surface area contributed by atoms with Gasteiger partial charge in [0.1, 0.15) is 28.8 Å². The number of phenolic OH excluding ortho intramolecular Hbond substituents is 1. The van der Waals surface area contributed by atoms with Crippen LogP contribution in [0.4, 0.5) is 11.4 Å². The van der Waals surface area contributed by atoms with E-state index in [1.54, 1.807) is 45.9 Å². The van der Waals surface area contributed by atoms with Gasteiger partial charge in [0, 0.05) is 105 Å². The van der Waals surface area contributed by atoms with Crippen LogP contribution in [0.15, 0.2) is 62.3 Å². The van der Waals surface area contributed by atoms with E-state index in [-0.39, 0.29) is 60.8 Å². The van der Waals surface area contributed by atoms with E-state index < -0.39 is 88.1 Å². The Morgan fingerprint density at radius 2 is 1.66 bits per heavy atom. The number of piperazine rings is 1. The number of ether oxygens (including phenoxy) is 4. The van der Waals surface area contributed by atoms with Gasteiger partial charge in [-0.2, -0.15) is 0 Å². The third-order valence-corrected chi connectivity index (χ3v) is 12.9. The molecule has 3 aromatic carbocycles. The highest BCUT2D eigenvalue weighted by Gasteiger charge is 2.44. The maximum Gasteiger partial charge on any atom is 0.307 e.